The Kier molecular flexibility index (Phi) is 4.79. The van der Waals surface area contributed by atoms with E-state index in [9.17, 15) is 10.1 Å². The summed E-state index contributed by atoms with van der Waals surface area (Å²) < 4.78 is 0. The van der Waals surface area contributed by atoms with Crippen molar-refractivity contribution in [1.82, 2.24) is 14.8 Å². The number of rotatable bonds is 4. The highest BCUT2D eigenvalue weighted by Crippen LogP contribution is 2.57. The van der Waals surface area contributed by atoms with Gasteiger partial charge < -0.3 is 4.90 Å². The Labute approximate surface area is 160 Å². The third-order valence-electron chi connectivity index (χ3n) is 6.92. The molecule has 0 N–H and O–H groups in total. The monoisotopic (exact) mass is 372 g/mol. The molecule has 3 fully saturated rings. The SMILES string of the molecule is CN(Cc1nccs1)C1CC12CCN(C(=O)C1(C#N)CCCCC1)CC2. The number of amides is 1. The van der Waals surface area contributed by atoms with Crippen molar-refractivity contribution in [2.45, 2.75) is 64.0 Å². The first-order valence-electron chi connectivity index (χ1n) is 9.88. The number of nitriles is 1. The van der Waals surface area contributed by atoms with Crippen molar-refractivity contribution >= 4 is 17.2 Å². The van der Waals surface area contributed by atoms with Crippen LogP contribution in [-0.2, 0) is 11.3 Å². The molecule has 1 amide bonds. The summed E-state index contributed by atoms with van der Waals surface area (Å²) in [5, 5.41) is 12.9. The maximum atomic E-state index is 13.1. The van der Waals surface area contributed by atoms with Gasteiger partial charge in [-0.1, -0.05) is 19.3 Å². The van der Waals surface area contributed by atoms with Gasteiger partial charge in [0.15, 0.2) is 0 Å². The Morgan fingerprint density at radius 1 is 1.35 bits per heavy atom. The van der Waals surface area contributed by atoms with Crippen LogP contribution in [0.4, 0.5) is 0 Å². The Bertz CT molecular complexity index is 681. The molecule has 2 aliphatic carbocycles. The number of hydrogen-bond donors (Lipinski definition) is 0. The lowest BCUT2D eigenvalue weighted by Crippen LogP contribution is -2.48. The Morgan fingerprint density at radius 3 is 2.69 bits per heavy atom. The van der Waals surface area contributed by atoms with Crippen LogP contribution in [0.5, 0.6) is 0 Å². The lowest BCUT2D eigenvalue weighted by atomic mass is 9.73. The molecule has 1 aromatic rings. The summed E-state index contributed by atoms with van der Waals surface area (Å²) in [5.41, 5.74) is -0.345. The van der Waals surface area contributed by atoms with E-state index in [-0.39, 0.29) is 5.91 Å². The van der Waals surface area contributed by atoms with Gasteiger partial charge in [-0.3, -0.25) is 9.69 Å². The van der Waals surface area contributed by atoms with Crippen molar-refractivity contribution in [3.05, 3.63) is 16.6 Å². The molecule has 1 spiro atoms. The molecule has 0 bridgehead atoms. The van der Waals surface area contributed by atoms with E-state index < -0.39 is 5.41 Å². The second-order valence-corrected chi connectivity index (χ2v) is 9.45. The molecule has 2 saturated carbocycles. The zero-order valence-electron chi connectivity index (χ0n) is 15.6. The predicted molar refractivity (Wildman–Crippen MR) is 101 cm³/mol. The summed E-state index contributed by atoms with van der Waals surface area (Å²) in [4.78, 5) is 21.9. The molecule has 0 radical (unpaired) electrons. The fourth-order valence-electron chi connectivity index (χ4n) is 5.13. The van der Waals surface area contributed by atoms with E-state index in [2.05, 4.69) is 23.0 Å². The van der Waals surface area contributed by atoms with Crippen LogP contribution in [0.2, 0.25) is 0 Å². The number of aromatic nitrogens is 1. The minimum Gasteiger partial charge on any atom is -0.341 e. The van der Waals surface area contributed by atoms with Gasteiger partial charge in [-0.2, -0.15) is 5.26 Å². The average molecular weight is 373 g/mol. The topological polar surface area (TPSA) is 60.2 Å². The smallest absolute Gasteiger partial charge is 0.243 e. The summed E-state index contributed by atoms with van der Waals surface area (Å²) >= 11 is 1.72. The molecule has 1 unspecified atom stereocenters. The number of piperidine rings is 1. The Hall–Kier alpha value is -1.45. The molecule has 2 heterocycles. The van der Waals surface area contributed by atoms with E-state index >= 15 is 0 Å². The first kappa shape index (κ1) is 17.9. The van der Waals surface area contributed by atoms with Crippen molar-refractivity contribution in [2.75, 3.05) is 20.1 Å². The molecule has 1 atom stereocenters. The van der Waals surface area contributed by atoms with Gasteiger partial charge in [0, 0.05) is 30.7 Å². The van der Waals surface area contributed by atoms with Crippen LogP contribution in [0.1, 0.15) is 56.4 Å². The summed E-state index contributed by atoms with van der Waals surface area (Å²) in [7, 11) is 2.20. The van der Waals surface area contributed by atoms with Crippen LogP contribution >= 0.6 is 11.3 Å². The Balaban J connectivity index is 1.33. The number of carbonyl (C=O) groups is 1. The molecule has 140 valence electrons. The van der Waals surface area contributed by atoms with Gasteiger partial charge in [0.05, 0.1) is 12.6 Å². The quantitative estimate of drug-likeness (QED) is 0.812. The van der Waals surface area contributed by atoms with Crippen LogP contribution in [0.25, 0.3) is 0 Å². The molecule has 1 saturated heterocycles. The molecule has 6 heteroatoms. The largest absolute Gasteiger partial charge is 0.341 e. The number of thiazole rings is 1. The molecule has 0 aromatic carbocycles. The van der Waals surface area contributed by atoms with Crippen LogP contribution in [-0.4, -0.2) is 46.9 Å². The molecule has 5 nitrogen and oxygen atoms in total. The van der Waals surface area contributed by atoms with E-state index in [4.69, 9.17) is 0 Å². The van der Waals surface area contributed by atoms with Crippen LogP contribution in [0.15, 0.2) is 11.6 Å². The zero-order chi connectivity index (χ0) is 18.2. The van der Waals surface area contributed by atoms with Crippen molar-refractivity contribution < 1.29 is 4.79 Å². The summed E-state index contributed by atoms with van der Waals surface area (Å²) in [6, 6.07) is 3.01. The second-order valence-electron chi connectivity index (χ2n) is 8.47. The molecule has 26 heavy (non-hydrogen) atoms. The van der Waals surface area contributed by atoms with Crippen molar-refractivity contribution in [3.8, 4) is 6.07 Å². The first-order chi connectivity index (χ1) is 12.6. The van der Waals surface area contributed by atoms with Crippen LogP contribution < -0.4 is 0 Å². The van der Waals surface area contributed by atoms with E-state index in [0.29, 0.717) is 11.5 Å². The van der Waals surface area contributed by atoms with Gasteiger partial charge >= 0.3 is 0 Å². The standard InChI is InChI=1S/C20H28N4OS/c1-23(14-17-22-9-12-26-17)16-13-19(16)7-10-24(11-8-19)18(25)20(15-21)5-3-2-4-6-20/h9,12,16H,2-8,10-11,13-14H2,1H3. The fourth-order valence-corrected chi connectivity index (χ4v) is 5.81. The van der Waals surface area contributed by atoms with Crippen molar-refractivity contribution in [1.29, 1.82) is 5.26 Å². The lowest BCUT2D eigenvalue weighted by molar-refractivity contribution is -0.142. The average Bonchev–Trinajstić information content (AvgIpc) is 3.12. The number of likely N-dealkylation sites (tertiary alicyclic amines) is 1. The second kappa shape index (κ2) is 6.94. The van der Waals surface area contributed by atoms with Crippen molar-refractivity contribution in [2.24, 2.45) is 10.8 Å². The highest BCUT2D eigenvalue weighted by atomic mass is 32.1. The van der Waals surface area contributed by atoms with Gasteiger partial charge in [-0.05, 0) is 44.6 Å². The molecule has 1 aliphatic heterocycles. The van der Waals surface area contributed by atoms with E-state index in [0.717, 1.165) is 64.6 Å². The first-order valence-corrected chi connectivity index (χ1v) is 10.8. The van der Waals surface area contributed by atoms with Crippen LogP contribution in [0.3, 0.4) is 0 Å². The van der Waals surface area contributed by atoms with Gasteiger partial charge in [-0.15, -0.1) is 11.3 Å². The third-order valence-corrected chi connectivity index (χ3v) is 7.69. The van der Waals surface area contributed by atoms with E-state index in [1.807, 2.05) is 16.5 Å². The molecular weight excluding hydrogens is 344 g/mol. The minimum atomic E-state index is -0.729. The van der Waals surface area contributed by atoms with Gasteiger partial charge in [0.1, 0.15) is 10.4 Å². The van der Waals surface area contributed by atoms with Gasteiger partial charge in [0.25, 0.3) is 0 Å². The highest BCUT2D eigenvalue weighted by Gasteiger charge is 2.57. The van der Waals surface area contributed by atoms with E-state index in [1.54, 1.807) is 11.3 Å². The summed E-state index contributed by atoms with van der Waals surface area (Å²) in [6.45, 7) is 2.57. The normalized spacial score (nSPS) is 26.7. The predicted octanol–water partition coefficient (Wildman–Crippen LogP) is 3.43. The van der Waals surface area contributed by atoms with Crippen molar-refractivity contribution in [3.63, 3.8) is 0 Å². The van der Waals surface area contributed by atoms with Gasteiger partial charge in [0.2, 0.25) is 5.91 Å². The van der Waals surface area contributed by atoms with Crippen LogP contribution in [0, 0.1) is 22.2 Å². The molecular formula is C20H28N4OS. The molecule has 1 aromatic heterocycles. The number of nitrogens with zero attached hydrogens (tertiary/aromatic N) is 4. The number of hydrogen-bond acceptors (Lipinski definition) is 5. The summed E-state index contributed by atoms with van der Waals surface area (Å²) in [5.74, 6) is 0.114. The third kappa shape index (κ3) is 3.16. The van der Waals surface area contributed by atoms with Gasteiger partial charge in [-0.25, -0.2) is 4.98 Å². The minimum absolute atomic E-state index is 0.114. The summed E-state index contributed by atoms with van der Waals surface area (Å²) in [6.07, 6.45) is 9.96. The fraction of sp³-hybridized carbons (Fsp3) is 0.750. The Morgan fingerprint density at radius 2 is 2.08 bits per heavy atom. The van der Waals surface area contributed by atoms with E-state index in [1.165, 1.54) is 11.4 Å². The number of carbonyl (C=O) groups excluding carboxylic acids is 1. The maximum Gasteiger partial charge on any atom is 0.243 e. The zero-order valence-corrected chi connectivity index (χ0v) is 16.4. The molecule has 3 aliphatic rings. The maximum absolute atomic E-state index is 13.1. The molecule has 4 rings (SSSR count). The lowest BCUT2D eigenvalue weighted by Gasteiger charge is -2.39. The highest BCUT2D eigenvalue weighted by molar-refractivity contribution is 7.09.